The first-order chi connectivity index (χ1) is 7.54. The van der Waals surface area contributed by atoms with Crippen molar-refractivity contribution in [1.82, 2.24) is 0 Å². The molecule has 0 bridgehead atoms. The van der Waals surface area contributed by atoms with Gasteiger partial charge in [-0.3, -0.25) is 0 Å². The molecule has 0 amide bonds. The molecule has 0 aliphatic heterocycles. The Bertz CT molecular complexity index is 214. The van der Waals surface area contributed by atoms with Crippen LogP contribution in [0.25, 0.3) is 0 Å². The first-order valence-electron chi connectivity index (χ1n) is 6.73. The molecule has 0 fully saturated rings. The Morgan fingerprint density at radius 3 is 1.44 bits per heavy atom. The molecule has 0 radical (unpaired) electrons. The van der Waals surface area contributed by atoms with E-state index in [1.54, 1.807) is 0 Å². The van der Waals surface area contributed by atoms with E-state index in [0.717, 1.165) is 25.7 Å². The summed E-state index contributed by atoms with van der Waals surface area (Å²) in [6, 6.07) is 0. The van der Waals surface area contributed by atoms with Crippen molar-refractivity contribution in [1.29, 1.82) is 0 Å². The van der Waals surface area contributed by atoms with Crippen molar-refractivity contribution in [3.63, 3.8) is 0 Å². The standard InChI is InChI=1S/2C4H9O.2C2H5.O.Ti/c2*1-2-3-4-5;2*1-2;;/h2*2-4H2,1H3;2*1H2,2H3;;/q2*-1;;;;+2. The minimum absolute atomic E-state index is 0.543. The number of rotatable bonds is 10. The fourth-order valence-corrected chi connectivity index (χ4v) is 5.65. The monoisotopic (exact) mass is 268 g/mol. The Morgan fingerprint density at radius 1 is 0.812 bits per heavy atom. The van der Waals surface area contributed by atoms with Crippen molar-refractivity contribution in [3.8, 4) is 0 Å². The van der Waals surface area contributed by atoms with E-state index < -0.39 is 16.1 Å². The van der Waals surface area contributed by atoms with Crippen molar-refractivity contribution >= 4 is 0 Å². The summed E-state index contributed by atoms with van der Waals surface area (Å²) in [6.07, 6.45) is 4.03. The third-order valence-electron chi connectivity index (χ3n) is 3.21. The summed E-state index contributed by atoms with van der Waals surface area (Å²) in [5.41, 5.74) is 0. The van der Waals surface area contributed by atoms with Crippen LogP contribution in [-0.4, -0.2) is 13.2 Å². The Hall–Kier alpha value is 0.434. The van der Waals surface area contributed by atoms with Crippen molar-refractivity contribution in [2.75, 3.05) is 13.2 Å². The molecule has 0 rings (SSSR count). The second-order valence-corrected chi connectivity index (χ2v) is 11.9. The van der Waals surface area contributed by atoms with Crippen LogP contribution in [0.1, 0.15) is 53.4 Å². The van der Waals surface area contributed by atoms with Gasteiger partial charge in [0.25, 0.3) is 0 Å². The van der Waals surface area contributed by atoms with Gasteiger partial charge in [0.05, 0.1) is 0 Å². The van der Waals surface area contributed by atoms with Crippen LogP contribution < -0.4 is 0 Å². The topological polar surface area (TPSA) is 35.5 Å². The third kappa shape index (κ3) is 5.18. The molecule has 0 atom stereocenters. The van der Waals surface area contributed by atoms with Crippen molar-refractivity contribution in [2.24, 2.45) is 0 Å². The summed E-state index contributed by atoms with van der Waals surface area (Å²) in [4.78, 5) is 0. The fourth-order valence-electron chi connectivity index (χ4n) is 1.59. The van der Waals surface area contributed by atoms with Crippen LogP contribution in [0.5, 0.6) is 0 Å². The molecule has 0 saturated heterocycles. The van der Waals surface area contributed by atoms with E-state index in [2.05, 4.69) is 13.8 Å². The summed E-state index contributed by atoms with van der Waals surface area (Å²) in [6.45, 7) is 9.20. The van der Waals surface area contributed by atoms with E-state index in [0.29, 0.717) is 22.7 Å². The molecule has 0 aromatic carbocycles. The molecule has 16 heavy (non-hydrogen) atoms. The number of hydrogen-bond acceptors (Lipinski definition) is 3. The predicted octanol–water partition coefficient (Wildman–Crippen LogP) is 4.36. The second kappa shape index (κ2) is 7.70. The maximum absolute atomic E-state index is 12.9. The zero-order valence-corrected chi connectivity index (χ0v) is 12.9. The number of hydrogen-bond donors (Lipinski definition) is 0. The van der Waals surface area contributed by atoms with Crippen LogP contribution in [0.2, 0.25) is 9.45 Å². The normalized spacial score (nSPS) is 13.1. The summed E-state index contributed by atoms with van der Waals surface area (Å²) >= 11 is -4.26. The van der Waals surface area contributed by atoms with E-state index in [1.807, 2.05) is 13.8 Å². The molecule has 0 aromatic heterocycles. The van der Waals surface area contributed by atoms with Crippen LogP contribution in [-0.2, 0) is 26.0 Å². The summed E-state index contributed by atoms with van der Waals surface area (Å²) in [7, 11) is 0. The number of unbranched alkanes of at least 4 members (excludes halogenated alkanes) is 2. The van der Waals surface area contributed by atoms with Crippen molar-refractivity contribution in [2.45, 2.75) is 62.8 Å². The molecule has 0 unspecified atom stereocenters. The average molecular weight is 268 g/mol. The quantitative estimate of drug-likeness (QED) is 0.436. The van der Waals surface area contributed by atoms with Gasteiger partial charge in [0.1, 0.15) is 0 Å². The van der Waals surface area contributed by atoms with Gasteiger partial charge < -0.3 is 0 Å². The third-order valence-corrected chi connectivity index (χ3v) is 10.1. The van der Waals surface area contributed by atoms with Crippen LogP contribution in [0.15, 0.2) is 0 Å². The summed E-state index contributed by atoms with van der Waals surface area (Å²) in [5.74, 6) is 0. The van der Waals surface area contributed by atoms with Crippen LogP contribution in [0.3, 0.4) is 0 Å². The molecular weight excluding hydrogens is 240 g/mol. The van der Waals surface area contributed by atoms with E-state index in [-0.39, 0.29) is 0 Å². The zero-order chi connectivity index (χ0) is 12.5. The molecule has 98 valence electrons. The van der Waals surface area contributed by atoms with Gasteiger partial charge in [0.2, 0.25) is 0 Å². The van der Waals surface area contributed by atoms with Crippen molar-refractivity contribution in [3.05, 3.63) is 0 Å². The molecular formula is C12H28O3Ti. The zero-order valence-electron chi connectivity index (χ0n) is 11.4. The van der Waals surface area contributed by atoms with Crippen molar-refractivity contribution < 1.29 is 26.0 Å². The Balaban J connectivity index is 4.42. The maximum atomic E-state index is 12.9. The van der Waals surface area contributed by atoms with Gasteiger partial charge in [-0.15, -0.1) is 0 Å². The second-order valence-electron chi connectivity index (χ2n) is 4.48. The van der Waals surface area contributed by atoms with Gasteiger partial charge in [0, 0.05) is 0 Å². The SMILES string of the molecule is CCCC[O][Ti](=[O])([CH2]C)([CH2]C)[O]CCCC. The van der Waals surface area contributed by atoms with E-state index in [4.69, 9.17) is 6.64 Å². The molecule has 0 aliphatic carbocycles. The Morgan fingerprint density at radius 2 is 1.19 bits per heavy atom. The van der Waals surface area contributed by atoms with Gasteiger partial charge in [-0.1, -0.05) is 0 Å². The Kier molecular flexibility index (Phi) is 7.91. The summed E-state index contributed by atoms with van der Waals surface area (Å²) < 4.78 is 25.4. The van der Waals surface area contributed by atoms with E-state index in [9.17, 15) is 3.32 Å². The van der Waals surface area contributed by atoms with Gasteiger partial charge in [-0.2, -0.15) is 0 Å². The molecule has 3 nitrogen and oxygen atoms in total. The van der Waals surface area contributed by atoms with Crippen LogP contribution >= 0.6 is 0 Å². The van der Waals surface area contributed by atoms with E-state index >= 15 is 0 Å². The fraction of sp³-hybridized carbons (Fsp3) is 1.00. The molecule has 0 N–H and O–H groups in total. The average Bonchev–Trinajstić information content (AvgIpc) is 2.30. The van der Waals surface area contributed by atoms with Crippen LogP contribution in [0, 0.1) is 0 Å². The van der Waals surface area contributed by atoms with Gasteiger partial charge in [-0.25, -0.2) is 0 Å². The predicted molar refractivity (Wildman–Crippen MR) is 63.4 cm³/mol. The molecule has 0 aliphatic rings. The molecule has 0 aromatic rings. The van der Waals surface area contributed by atoms with E-state index in [1.165, 1.54) is 0 Å². The molecule has 0 saturated carbocycles. The van der Waals surface area contributed by atoms with Gasteiger partial charge in [0.15, 0.2) is 0 Å². The molecule has 0 heterocycles. The van der Waals surface area contributed by atoms with Crippen LogP contribution in [0.4, 0.5) is 0 Å². The first kappa shape index (κ1) is 16.4. The molecule has 4 heteroatoms. The first-order valence-corrected chi connectivity index (χ1v) is 10.8. The van der Waals surface area contributed by atoms with Gasteiger partial charge in [-0.05, 0) is 0 Å². The minimum atomic E-state index is -4.26. The summed E-state index contributed by atoms with van der Waals surface area (Å²) in [5, 5.41) is 0. The van der Waals surface area contributed by atoms with Gasteiger partial charge >= 0.3 is 102 Å². The Labute approximate surface area is 102 Å². The molecule has 0 spiro atoms.